The molecule has 0 bridgehead atoms. The van der Waals surface area contributed by atoms with Crippen molar-refractivity contribution in [2.24, 2.45) is 23.3 Å². The summed E-state index contributed by atoms with van der Waals surface area (Å²) >= 11 is 26.2. The zero-order chi connectivity index (χ0) is 24.8. The van der Waals surface area contributed by atoms with Gasteiger partial charge >= 0.3 is 0 Å². The van der Waals surface area contributed by atoms with Gasteiger partial charge in [-0.05, 0) is 61.3 Å². The topological polar surface area (TPSA) is 70.5 Å². The highest BCUT2D eigenvalue weighted by atomic mass is 35.5. The van der Waals surface area contributed by atoms with Gasteiger partial charge in [0.25, 0.3) is 0 Å². The minimum absolute atomic E-state index is 0.246. The zero-order valence-corrected chi connectivity index (χ0v) is 22.7. The van der Waals surface area contributed by atoms with Gasteiger partial charge in [-0.1, -0.05) is 74.1 Å². The van der Waals surface area contributed by atoms with Crippen LogP contribution in [0.1, 0.15) is 51.7 Å². The molecule has 0 saturated heterocycles. The van der Waals surface area contributed by atoms with Gasteiger partial charge in [-0.25, -0.2) is 0 Å². The lowest BCUT2D eigenvalue weighted by molar-refractivity contribution is 0.249. The van der Waals surface area contributed by atoms with Crippen molar-refractivity contribution in [3.8, 4) is 11.5 Å². The summed E-state index contributed by atoms with van der Waals surface area (Å²) in [6.45, 7) is 10.3. The monoisotopic (exact) mass is 534 g/mol. The molecule has 0 radical (unpaired) electrons. The van der Waals surface area contributed by atoms with Gasteiger partial charge in [0.05, 0.1) is 33.3 Å². The Morgan fingerprint density at radius 1 is 0.697 bits per heavy atom. The molecule has 33 heavy (non-hydrogen) atoms. The molecule has 0 saturated carbocycles. The van der Waals surface area contributed by atoms with Crippen LogP contribution in [-0.4, -0.2) is 26.3 Å². The van der Waals surface area contributed by atoms with Crippen molar-refractivity contribution in [2.75, 3.05) is 26.3 Å². The lowest BCUT2D eigenvalue weighted by atomic mass is 9.78. The van der Waals surface area contributed by atoms with Gasteiger partial charge < -0.3 is 20.9 Å². The van der Waals surface area contributed by atoms with Gasteiger partial charge in [0.15, 0.2) is 11.5 Å². The zero-order valence-electron chi connectivity index (χ0n) is 19.7. The third-order valence-electron chi connectivity index (χ3n) is 6.19. The summed E-state index contributed by atoms with van der Waals surface area (Å²) in [4.78, 5) is 0. The van der Waals surface area contributed by atoms with Crippen LogP contribution in [0.15, 0.2) is 24.3 Å². The average molecular weight is 536 g/mol. The molecule has 0 aliphatic carbocycles. The minimum Gasteiger partial charge on any atom is -0.490 e. The van der Waals surface area contributed by atoms with Crippen LogP contribution in [0.2, 0.25) is 20.1 Å². The molecule has 2 aromatic carbocycles. The maximum Gasteiger partial charge on any atom is 0.156 e. The molecule has 4 nitrogen and oxygen atoms in total. The Balaban J connectivity index is 2.31. The number of ether oxygens (including phenoxy) is 2. The Hall–Kier alpha value is -0.880. The predicted molar refractivity (Wildman–Crippen MR) is 142 cm³/mol. The number of benzene rings is 2. The van der Waals surface area contributed by atoms with Crippen LogP contribution in [0, 0.1) is 11.8 Å². The molecule has 0 aliphatic heterocycles. The number of halogens is 4. The van der Waals surface area contributed by atoms with E-state index in [0.717, 1.165) is 24.0 Å². The lowest BCUT2D eigenvalue weighted by Gasteiger charge is -2.28. The molecule has 4 N–H and O–H groups in total. The summed E-state index contributed by atoms with van der Waals surface area (Å²) in [6.07, 6.45) is 1.84. The van der Waals surface area contributed by atoms with E-state index in [0.29, 0.717) is 57.9 Å². The summed E-state index contributed by atoms with van der Waals surface area (Å²) in [6, 6.07) is 7.47. The fraction of sp³-hybridized carbons (Fsp3) is 0.520. The van der Waals surface area contributed by atoms with Crippen molar-refractivity contribution in [3.05, 3.63) is 55.5 Å². The average Bonchev–Trinajstić information content (AvgIpc) is 2.77. The molecule has 184 valence electrons. The quantitative estimate of drug-likeness (QED) is 0.298. The van der Waals surface area contributed by atoms with E-state index in [1.54, 1.807) is 0 Å². The maximum absolute atomic E-state index is 6.56. The number of hydrogen-bond donors (Lipinski definition) is 2. The number of nitrogens with two attached hydrogens (primary N) is 2. The Morgan fingerprint density at radius 2 is 1.00 bits per heavy atom. The van der Waals surface area contributed by atoms with E-state index in [9.17, 15) is 0 Å². The predicted octanol–water partition coefficient (Wildman–Crippen LogP) is 7.35. The summed E-state index contributed by atoms with van der Waals surface area (Å²) in [7, 11) is 0. The van der Waals surface area contributed by atoms with Crippen molar-refractivity contribution in [2.45, 2.75) is 46.0 Å². The molecular weight excluding hydrogens is 502 g/mol. The van der Waals surface area contributed by atoms with Crippen LogP contribution in [0.3, 0.4) is 0 Å². The van der Waals surface area contributed by atoms with Gasteiger partial charge in [-0.2, -0.15) is 0 Å². The highest BCUT2D eigenvalue weighted by Gasteiger charge is 2.28. The second-order valence-electron chi connectivity index (χ2n) is 8.80. The molecule has 0 spiro atoms. The molecule has 0 heterocycles. The molecular formula is C25H34Cl4N2O2. The van der Waals surface area contributed by atoms with Gasteiger partial charge in [0, 0.05) is 17.3 Å². The second-order valence-corrected chi connectivity index (χ2v) is 10.4. The molecule has 0 aliphatic rings. The number of rotatable bonds is 12. The van der Waals surface area contributed by atoms with Crippen molar-refractivity contribution in [1.29, 1.82) is 0 Å². The van der Waals surface area contributed by atoms with Gasteiger partial charge in [0.1, 0.15) is 0 Å². The maximum atomic E-state index is 6.56. The van der Waals surface area contributed by atoms with Crippen LogP contribution in [-0.2, 0) is 5.41 Å². The van der Waals surface area contributed by atoms with Crippen molar-refractivity contribution >= 4 is 46.4 Å². The Kier molecular flexibility index (Phi) is 10.9. The van der Waals surface area contributed by atoms with E-state index in [-0.39, 0.29) is 11.8 Å². The molecule has 0 aromatic heterocycles. The molecule has 0 fully saturated rings. The first-order chi connectivity index (χ1) is 15.6. The fourth-order valence-corrected chi connectivity index (χ4v) is 4.58. The Bertz CT molecular complexity index is 809. The van der Waals surface area contributed by atoms with Crippen molar-refractivity contribution in [1.82, 2.24) is 0 Å². The fourth-order valence-electron chi connectivity index (χ4n) is 3.39. The van der Waals surface area contributed by atoms with E-state index in [1.165, 1.54) is 0 Å². The first kappa shape index (κ1) is 28.4. The van der Waals surface area contributed by atoms with Crippen LogP contribution in [0.5, 0.6) is 11.5 Å². The Morgan fingerprint density at radius 3 is 1.24 bits per heavy atom. The van der Waals surface area contributed by atoms with Gasteiger partial charge in [-0.3, -0.25) is 0 Å². The van der Waals surface area contributed by atoms with E-state index in [4.69, 9.17) is 67.3 Å². The molecule has 8 heteroatoms. The molecule has 2 unspecified atom stereocenters. The molecule has 2 rings (SSSR count). The second kappa shape index (κ2) is 12.7. The summed E-state index contributed by atoms with van der Waals surface area (Å²) < 4.78 is 11.8. The van der Waals surface area contributed by atoms with Crippen LogP contribution in [0.4, 0.5) is 0 Å². The third-order valence-corrected chi connectivity index (χ3v) is 7.31. The van der Waals surface area contributed by atoms with Crippen molar-refractivity contribution in [3.63, 3.8) is 0 Å². The van der Waals surface area contributed by atoms with E-state index in [1.807, 2.05) is 24.3 Å². The molecule has 0 amide bonds. The lowest BCUT2D eigenvalue weighted by Crippen LogP contribution is -2.22. The molecule has 2 aromatic rings. The standard InChI is InChI=1S/C25H34Cl4N2O2/c1-5-15(11-30)13-32-23-19(26)7-17(8-20(23)27)25(3,4)18-9-21(28)24(22(29)10-18)33-14-16(6-2)12-31/h7-10,15-16H,5-6,11-14,30-31H2,1-4H3. The van der Waals surface area contributed by atoms with Crippen LogP contribution >= 0.6 is 46.4 Å². The smallest absolute Gasteiger partial charge is 0.156 e. The summed E-state index contributed by atoms with van der Waals surface area (Å²) in [5, 5.41) is 1.79. The highest BCUT2D eigenvalue weighted by Crippen LogP contribution is 2.44. The summed E-state index contributed by atoms with van der Waals surface area (Å²) in [5.41, 5.74) is 12.9. The largest absolute Gasteiger partial charge is 0.490 e. The van der Waals surface area contributed by atoms with E-state index >= 15 is 0 Å². The third kappa shape index (κ3) is 7.06. The first-order valence-corrected chi connectivity index (χ1v) is 12.7. The van der Waals surface area contributed by atoms with Gasteiger partial charge in [-0.15, -0.1) is 0 Å². The van der Waals surface area contributed by atoms with Crippen LogP contribution in [0.25, 0.3) is 0 Å². The van der Waals surface area contributed by atoms with Crippen molar-refractivity contribution < 1.29 is 9.47 Å². The molecule has 2 atom stereocenters. The SMILES string of the molecule is CCC(CN)COc1c(Cl)cc(C(C)(C)c2cc(Cl)c(OCC(CC)CN)c(Cl)c2)cc1Cl. The highest BCUT2D eigenvalue weighted by molar-refractivity contribution is 6.38. The van der Waals surface area contributed by atoms with E-state index < -0.39 is 5.41 Å². The minimum atomic E-state index is -0.482. The Labute approximate surface area is 217 Å². The van der Waals surface area contributed by atoms with E-state index in [2.05, 4.69) is 27.7 Å². The normalized spacial score (nSPS) is 13.6. The van der Waals surface area contributed by atoms with Crippen LogP contribution < -0.4 is 20.9 Å². The van der Waals surface area contributed by atoms with Gasteiger partial charge in [0.2, 0.25) is 0 Å². The summed E-state index contributed by atoms with van der Waals surface area (Å²) in [5.74, 6) is 1.43. The first-order valence-electron chi connectivity index (χ1n) is 11.2. The number of hydrogen-bond acceptors (Lipinski definition) is 4.